The highest BCUT2D eigenvalue weighted by Crippen LogP contribution is 2.19. The van der Waals surface area contributed by atoms with Gasteiger partial charge in [0.05, 0.1) is 19.8 Å². The van der Waals surface area contributed by atoms with Gasteiger partial charge in [-0.1, -0.05) is 28.1 Å². The van der Waals surface area contributed by atoms with Gasteiger partial charge in [0.15, 0.2) is 0 Å². The summed E-state index contributed by atoms with van der Waals surface area (Å²) in [5, 5.41) is 2.87. The molecule has 0 aliphatic carbocycles. The highest BCUT2D eigenvalue weighted by molar-refractivity contribution is 9.10. The van der Waals surface area contributed by atoms with Gasteiger partial charge in [-0.15, -0.1) is 0 Å². The minimum atomic E-state index is -0.190. The Morgan fingerprint density at radius 1 is 1.03 bits per heavy atom. The highest BCUT2D eigenvalue weighted by atomic mass is 79.9. The first kappa shape index (κ1) is 23.3. The van der Waals surface area contributed by atoms with Crippen molar-refractivity contribution < 1.29 is 14.3 Å². The number of halogens is 1. The van der Waals surface area contributed by atoms with E-state index in [4.69, 9.17) is 4.74 Å². The molecule has 1 saturated heterocycles. The van der Waals surface area contributed by atoms with Crippen LogP contribution in [-0.2, 0) is 20.7 Å². The number of nitrogens with one attached hydrogen (secondary N) is 1. The van der Waals surface area contributed by atoms with Gasteiger partial charge in [0.2, 0.25) is 11.8 Å². The second-order valence-corrected chi connectivity index (χ2v) is 8.69. The Morgan fingerprint density at radius 3 is 2.39 bits per heavy atom. The van der Waals surface area contributed by atoms with Gasteiger partial charge in [-0.2, -0.15) is 0 Å². The molecule has 6 nitrogen and oxygen atoms in total. The largest absolute Gasteiger partial charge is 0.378 e. The zero-order valence-corrected chi connectivity index (χ0v) is 19.6. The number of anilines is 2. The molecule has 1 fully saturated rings. The van der Waals surface area contributed by atoms with Crippen molar-refractivity contribution in [2.45, 2.75) is 25.7 Å². The molecule has 0 bridgehead atoms. The first-order valence-corrected chi connectivity index (χ1v) is 11.5. The summed E-state index contributed by atoms with van der Waals surface area (Å²) in [5.74, 6) is -0.196. The predicted octanol–water partition coefficient (Wildman–Crippen LogP) is 4.10. The number of hydrogen-bond donors (Lipinski definition) is 1. The number of morpholine rings is 1. The Kier molecular flexibility index (Phi) is 8.91. The van der Waals surface area contributed by atoms with Crippen LogP contribution in [0.2, 0.25) is 0 Å². The third-order valence-corrected chi connectivity index (χ3v) is 5.88. The fraction of sp³-hybridized carbons (Fsp3) is 0.417. The van der Waals surface area contributed by atoms with Crippen molar-refractivity contribution in [1.29, 1.82) is 0 Å². The Bertz CT molecular complexity index is 849. The molecule has 2 amide bonds. The Balaban J connectivity index is 1.36. The number of nitrogens with zero attached hydrogens (tertiary/aromatic N) is 2. The number of aryl methyl sites for hydroxylation is 1. The van der Waals surface area contributed by atoms with Gasteiger partial charge in [-0.3, -0.25) is 9.59 Å². The van der Waals surface area contributed by atoms with Crippen molar-refractivity contribution in [3.63, 3.8) is 0 Å². The monoisotopic (exact) mass is 487 g/mol. The van der Waals surface area contributed by atoms with Crippen LogP contribution in [0.5, 0.6) is 0 Å². The molecular formula is C24H30BrN3O3. The third kappa shape index (κ3) is 7.67. The summed E-state index contributed by atoms with van der Waals surface area (Å²) in [7, 11) is 1.68. The summed E-state index contributed by atoms with van der Waals surface area (Å²) in [6.45, 7) is 3.28. The maximum atomic E-state index is 12.3. The predicted molar refractivity (Wildman–Crippen MR) is 127 cm³/mol. The van der Waals surface area contributed by atoms with Crippen LogP contribution in [0.3, 0.4) is 0 Å². The van der Waals surface area contributed by atoms with E-state index in [1.54, 1.807) is 7.05 Å². The van der Waals surface area contributed by atoms with Gasteiger partial charge in [0, 0.05) is 42.4 Å². The molecule has 0 aromatic heterocycles. The first-order valence-electron chi connectivity index (χ1n) is 10.7. The van der Waals surface area contributed by atoms with Gasteiger partial charge in [0.25, 0.3) is 0 Å². The van der Waals surface area contributed by atoms with Gasteiger partial charge < -0.3 is 19.9 Å². The smallest absolute Gasteiger partial charge is 0.243 e. The van der Waals surface area contributed by atoms with E-state index in [0.717, 1.165) is 61.4 Å². The quantitative estimate of drug-likeness (QED) is 0.540. The second kappa shape index (κ2) is 11.9. The Hall–Kier alpha value is -2.38. The molecule has 0 spiro atoms. The van der Waals surface area contributed by atoms with E-state index in [-0.39, 0.29) is 18.4 Å². The summed E-state index contributed by atoms with van der Waals surface area (Å²) < 4.78 is 6.45. The molecule has 0 atom stereocenters. The highest BCUT2D eigenvalue weighted by Gasteiger charge is 2.14. The van der Waals surface area contributed by atoms with Crippen LogP contribution in [0, 0.1) is 0 Å². The third-order valence-electron chi connectivity index (χ3n) is 5.35. The lowest BCUT2D eigenvalue weighted by Crippen LogP contribution is -2.36. The van der Waals surface area contributed by atoms with Gasteiger partial charge in [-0.05, 0) is 61.2 Å². The van der Waals surface area contributed by atoms with Crippen molar-refractivity contribution in [1.82, 2.24) is 4.90 Å². The Labute approximate surface area is 192 Å². The van der Waals surface area contributed by atoms with Crippen LogP contribution in [-0.4, -0.2) is 56.6 Å². The average molecular weight is 488 g/mol. The molecule has 2 aromatic carbocycles. The molecule has 1 aliphatic rings. The minimum absolute atomic E-state index is 0.00591. The number of carbonyl (C=O) groups is 2. The molecule has 1 aliphatic heterocycles. The van der Waals surface area contributed by atoms with E-state index < -0.39 is 0 Å². The number of ether oxygens (including phenoxy) is 1. The number of benzene rings is 2. The molecule has 0 saturated carbocycles. The number of hydrogen-bond acceptors (Lipinski definition) is 4. The first-order chi connectivity index (χ1) is 15.0. The minimum Gasteiger partial charge on any atom is -0.378 e. The van der Waals surface area contributed by atoms with Crippen LogP contribution in [0.1, 0.15) is 24.8 Å². The number of unbranched alkanes of at least 4 members (excludes halogenated alkanes) is 1. The van der Waals surface area contributed by atoms with Gasteiger partial charge in [0.1, 0.15) is 0 Å². The molecule has 0 unspecified atom stereocenters. The van der Waals surface area contributed by atoms with Crippen molar-refractivity contribution in [2.24, 2.45) is 0 Å². The fourth-order valence-electron chi connectivity index (χ4n) is 3.53. The summed E-state index contributed by atoms with van der Waals surface area (Å²) in [6, 6.07) is 16.0. The van der Waals surface area contributed by atoms with Crippen molar-refractivity contribution in [2.75, 3.05) is 50.1 Å². The van der Waals surface area contributed by atoms with E-state index in [1.807, 2.05) is 36.4 Å². The van der Waals surface area contributed by atoms with Gasteiger partial charge >= 0.3 is 0 Å². The maximum absolute atomic E-state index is 12.3. The van der Waals surface area contributed by atoms with Crippen LogP contribution < -0.4 is 10.2 Å². The summed E-state index contributed by atoms with van der Waals surface area (Å²) in [5.41, 5.74) is 3.12. The molecule has 7 heteroatoms. The molecule has 166 valence electrons. The second-order valence-electron chi connectivity index (χ2n) is 7.78. The number of rotatable bonds is 9. The molecule has 0 radical (unpaired) electrons. The SMILES string of the molecule is CN(CC(=O)Nc1ccc(N2CCOCC2)cc1)C(=O)CCCCc1ccc(Br)cc1. The zero-order valence-electron chi connectivity index (χ0n) is 18.0. The topological polar surface area (TPSA) is 61.9 Å². The maximum Gasteiger partial charge on any atom is 0.243 e. The Morgan fingerprint density at radius 2 is 1.71 bits per heavy atom. The lowest BCUT2D eigenvalue weighted by molar-refractivity contribution is -0.133. The summed E-state index contributed by atoms with van der Waals surface area (Å²) in [4.78, 5) is 28.4. The fourth-order valence-corrected chi connectivity index (χ4v) is 3.79. The lowest BCUT2D eigenvalue weighted by Gasteiger charge is -2.28. The van der Waals surface area contributed by atoms with E-state index >= 15 is 0 Å². The molecule has 3 rings (SSSR count). The molecule has 2 aromatic rings. The number of carbonyl (C=O) groups excluding carboxylic acids is 2. The zero-order chi connectivity index (χ0) is 22.1. The summed E-state index contributed by atoms with van der Waals surface area (Å²) >= 11 is 3.43. The lowest BCUT2D eigenvalue weighted by atomic mass is 10.1. The molecule has 31 heavy (non-hydrogen) atoms. The van der Waals surface area contributed by atoms with Crippen LogP contribution in [0.25, 0.3) is 0 Å². The van der Waals surface area contributed by atoms with Gasteiger partial charge in [-0.25, -0.2) is 0 Å². The van der Waals surface area contributed by atoms with E-state index in [0.29, 0.717) is 6.42 Å². The standard InChI is InChI=1S/C24H30BrN3O3/c1-27(24(30)5-3-2-4-19-6-8-20(25)9-7-19)18-23(29)26-21-10-12-22(13-11-21)28-14-16-31-17-15-28/h6-13H,2-5,14-18H2,1H3,(H,26,29). The van der Waals surface area contributed by atoms with Crippen molar-refractivity contribution >= 4 is 39.1 Å². The van der Waals surface area contributed by atoms with Crippen LogP contribution in [0.15, 0.2) is 53.0 Å². The average Bonchev–Trinajstić information content (AvgIpc) is 2.78. The van der Waals surface area contributed by atoms with Crippen molar-refractivity contribution in [3.05, 3.63) is 58.6 Å². The number of likely N-dealkylation sites (N-methyl/N-ethyl adjacent to an activating group) is 1. The van der Waals surface area contributed by atoms with E-state index in [1.165, 1.54) is 10.5 Å². The van der Waals surface area contributed by atoms with Crippen LogP contribution >= 0.6 is 15.9 Å². The van der Waals surface area contributed by atoms with E-state index in [9.17, 15) is 9.59 Å². The van der Waals surface area contributed by atoms with Crippen LogP contribution in [0.4, 0.5) is 11.4 Å². The van der Waals surface area contributed by atoms with Crippen molar-refractivity contribution in [3.8, 4) is 0 Å². The molecule has 1 heterocycles. The normalized spacial score (nSPS) is 13.7. The summed E-state index contributed by atoms with van der Waals surface area (Å²) in [6.07, 6.45) is 3.16. The van der Waals surface area contributed by atoms with E-state index in [2.05, 4.69) is 38.3 Å². The molecule has 1 N–H and O–H groups in total. The molecular weight excluding hydrogens is 458 g/mol. The number of amides is 2.